The number of imidazole rings is 1. The van der Waals surface area contributed by atoms with Crippen molar-refractivity contribution in [3.05, 3.63) is 11.5 Å². The van der Waals surface area contributed by atoms with E-state index in [4.69, 9.17) is 10.5 Å². The minimum Gasteiger partial charge on any atom is -0.464 e. The molecule has 2 N–H and O–H groups in total. The lowest BCUT2D eigenvalue weighted by molar-refractivity contribution is 0.0595. The van der Waals surface area contributed by atoms with E-state index >= 15 is 0 Å². The van der Waals surface area contributed by atoms with Crippen molar-refractivity contribution in [3.8, 4) is 0 Å². The molecular weight excluding hydrogens is 256 g/mol. The SMILES string of the molecule is COC(=O)c1nc(C)n(C(C)CN2CCCCC2)c1N. The second-order valence-corrected chi connectivity index (χ2v) is 5.46. The van der Waals surface area contributed by atoms with E-state index in [2.05, 4.69) is 16.8 Å². The van der Waals surface area contributed by atoms with Crippen molar-refractivity contribution < 1.29 is 9.53 Å². The number of aryl methyl sites for hydroxylation is 1. The van der Waals surface area contributed by atoms with Gasteiger partial charge in [0.25, 0.3) is 0 Å². The number of piperidine rings is 1. The van der Waals surface area contributed by atoms with Gasteiger partial charge in [-0.25, -0.2) is 9.78 Å². The predicted octanol–water partition coefficient (Wildman–Crippen LogP) is 1.61. The zero-order valence-corrected chi connectivity index (χ0v) is 12.6. The van der Waals surface area contributed by atoms with Crippen LogP contribution in [0.25, 0.3) is 0 Å². The van der Waals surface area contributed by atoms with E-state index in [0.717, 1.165) is 25.5 Å². The zero-order valence-electron chi connectivity index (χ0n) is 12.6. The molecule has 0 aliphatic carbocycles. The summed E-state index contributed by atoms with van der Waals surface area (Å²) in [5, 5.41) is 0. The summed E-state index contributed by atoms with van der Waals surface area (Å²) in [7, 11) is 1.34. The maximum absolute atomic E-state index is 11.6. The Kier molecular flexibility index (Phi) is 4.65. The van der Waals surface area contributed by atoms with Gasteiger partial charge in [0.15, 0.2) is 5.69 Å². The second-order valence-electron chi connectivity index (χ2n) is 5.46. The Morgan fingerprint density at radius 1 is 1.40 bits per heavy atom. The Bertz CT molecular complexity index is 478. The number of ether oxygens (including phenoxy) is 1. The predicted molar refractivity (Wildman–Crippen MR) is 77.7 cm³/mol. The quantitative estimate of drug-likeness (QED) is 0.848. The van der Waals surface area contributed by atoms with Crippen molar-refractivity contribution in [2.75, 3.05) is 32.5 Å². The van der Waals surface area contributed by atoms with Gasteiger partial charge in [-0.15, -0.1) is 0 Å². The Morgan fingerprint density at radius 2 is 2.05 bits per heavy atom. The molecule has 1 aliphatic heterocycles. The van der Waals surface area contributed by atoms with Gasteiger partial charge in [0.2, 0.25) is 0 Å². The number of nitrogen functional groups attached to an aromatic ring is 1. The average molecular weight is 280 g/mol. The standard InChI is InChI=1S/C14H24N4O2/c1-10(9-17-7-5-4-6-8-17)18-11(2)16-12(13(18)15)14(19)20-3/h10H,4-9,15H2,1-3H3. The molecule has 1 atom stereocenters. The van der Waals surface area contributed by atoms with Crippen LogP contribution in [-0.2, 0) is 4.74 Å². The van der Waals surface area contributed by atoms with Gasteiger partial charge >= 0.3 is 5.97 Å². The molecule has 1 fully saturated rings. The molecule has 0 aromatic carbocycles. The Balaban J connectivity index is 2.14. The summed E-state index contributed by atoms with van der Waals surface area (Å²) in [6.45, 7) is 7.20. The van der Waals surface area contributed by atoms with Crippen molar-refractivity contribution in [2.24, 2.45) is 0 Å². The van der Waals surface area contributed by atoms with Gasteiger partial charge in [-0.3, -0.25) is 0 Å². The van der Waals surface area contributed by atoms with Crippen LogP contribution in [-0.4, -0.2) is 47.2 Å². The van der Waals surface area contributed by atoms with Crippen LogP contribution in [0.4, 0.5) is 5.82 Å². The van der Waals surface area contributed by atoms with Gasteiger partial charge in [-0.2, -0.15) is 0 Å². The molecule has 0 spiro atoms. The molecule has 2 heterocycles. The summed E-state index contributed by atoms with van der Waals surface area (Å²) in [5.74, 6) is 0.681. The minimum atomic E-state index is -0.477. The first-order valence-electron chi connectivity index (χ1n) is 7.19. The number of likely N-dealkylation sites (tertiary alicyclic amines) is 1. The molecule has 0 amide bonds. The highest BCUT2D eigenvalue weighted by atomic mass is 16.5. The molecule has 2 rings (SSSR count). The molecule has 6 heteroatoms. The fourth-order valence-corrected chi connectivity index (χ4v) is 2.96. The van der Waals surface area contributed by atoms with Gasteiger partial charge in [-0.05, 0) is 39.8 Å². The summed E-state index contributed by atoms with van der Waals surface area (Å²) in [5.41, 5.74) is 6.29. The van der Waals surface area contributed by atoms with Crippen LogP contribution in [0.5, 0.6) is 0 Å². The highest BCUT2D eigenvalue weighted by Gasteiger charge is 2.23. The highest BCUT2D eigenvalue weighted by molar-refractivity contribution is 5.92. The molecule has 0 saturated carbocycles. The zero-order chi connectivity index (χ0) is 14.7. The van der Waals surface area contributed by atoms with Gasteiger partial charge in [0.05, 0.1) is 7.11 Å². The fraction of sp³-hybridized carbons (Fsp3) is 0.714. The third-order valence-corrected chi connectivity index (χ3v) is 3.92. The summed E-state index contributed by atoms with van der Waals surface area (Å²) in [6, 6.07) is 0.194. The van der Waals surface area contributed by atoms with Crippen LogP contribution in [0.1, 0.15) is 48.5 Å². The summed E-state index contributed by atoms with van der Waals surface area (Å²) >= 11 is 0. The number of esters is 1. The lowest BCUT2D eigenvalue weighted by Gasteiger charge is -2.30. The molecule has 1 unspecified atom stereocenters. The fourth-order valence-electron chi connectivity index (χ4n) is 2.96. The van der Waals surface area contributed by atoms with Crippen LogP contribution in [0.3, 0.4) is 0 Å². The minimum absolute atomic E-state index is 0.194. The van der Waals surface area contributed by atoms with Crippen LogP contribution >= 0.6 is 0 Å². The first-order valence-corrected chi connectivity index (χ1v) is 7.19. The normalized spacial score (nSPS) is 17.9. The van der Waals surface area contributed by atoms with Crippen molar-refractivity contribution in [1.82, 2.24) is 14.5 Å². The number of anilines is 1. The summed E-state index contributed by atoms with van der Waals surface area (Å²) < 4.78 is 6.64. The van der Waals surface area contributed by atoms with Crippen LogP contribution in [0.15, 0.2) is 0 Å². The summed E-state index contributed by atoms with van der Waals surface area (Å²) in [4.78, 5) is 18.3. The van der Waals surface area contributed by atoms with Gasteiger partial charge in [0.1, 0.15) is 11.6 Å². The molecule has 0 bridgehead atoms. The van der Waals surface area contributed by atoms with Crippen molar-refractivity contribution in [1.29, 1.82) is 0 Å². The number of nitrogens with zero attached hydrogens (tertiary/aromatic N) is 3. The maximum Gasteiger partial charge on any atom is 0.360 e. The number of aromatic nitrogens is 2. The van der Waals surface area contributed by atoms with Gasteiger partial charge in [0, 0.05) is 12.6 Å². The van der Waals surface area contributed by atoms with Crippen LogP contribution in [0.2, 0.25) is 0 Å². The highest BCUT2D eigenvalue weighted by Crippen LogP contribution is 2.22. The van der Waals surface area contributed by atoms with E-state index in [9.17, 15) is 4.79 Å². The topological polar surface area (TPSA) is 73.4 Å². The molecule has 1 saturated heterocycles. The van der Waals surface area contributed by atoms with E-state index in [1.165, 1.54) is 26.4 Å². The van der Waals surface area contributed by atoms with E-state index in [1.807, 2.05) is 11.5 Å². The van der Waals surface area contributed by atoms with Gasteiger partial charge in [-0.1, -0.05) is 6.42 Å². The smallest absolute Gasteiger partial charge is 0.360 e. The number of carbonyl (C=O) groups is 1. The number of hydrogen-bond acceptors (Lipinski definition) is 5. The van der Waals surface area contributed by atoms with Crippen molar-refractivity contribution in [2.45, 2.75) is 39.2 Å². The molecular formula is C14H24N4O2. The summed E-state index contributed by atoms with van der Waals surface area (Å²) in [6.07, 6.45) is 3.85. The number of nitrogens with two attached hydrogens (primary N) is 1. The maximum atomic E-state index is 11.6. The molecule has 1 aromatic rings. The molecule has 1 aromatic heterocycles. The third-order valence-electron chi connectivity index (χ3n) is 3.92. The first kappa shape index (κ1) is 14.8. The van der Waals surface area contributed by atoms with E-state index in [1.54, 1.807) is 0 Å². The second kappa shape index (κ2) is 6.26. The number of methoxy groups -OCH3 is 1. The van der Waals surface area contributed by atoms with E-state index in [0.29, 0.717) is 5.82 Å². The largest absolute Gasteiger partial charge is 0.464 e. The van der Waals surface area contributed by atoms with Crippen LogP contribution < -0.4 is 5.73 Å². The van der Waals surface area contributed by atoms with Crippen molar-refractivity contribution >= 4 is 11.8 Å². The van der Waals surface area contributed by atoms with Crippen LogP contribution in [0, 0.1) is 6.92 Å². The first-order chi connectivity index (χ1) is 9.54. The number of rotatable bonds is 4. The van der Waals surface area contributed by atoms with Crippen molar-refractivity contribution in [3.63, 3.8) is 0 Å². The number of hydrogen-bond donors (Lipinski definition) is 1. The molecule has 1 aliphatic rings. The average Bonchev–Trinajstić information content (AvgIpc) is 2.74. The molecule has 6 nitrogen and oxygen atoms in total. The third kappa shape index (κ3) is 2.95. The Morgan fingerprint density at radius 3 is 2.65 bits per heavy atom. The Labute approximate surface area is 119 Å². The Hall–Kier alpha value is -1.56. The van der Waals surface area contributed by atoms with E-state index in [-0.39, 0.29) is 11.7 Å². The molecule has 20 heavy (non-hydrogen) atoms. The van der Waals surface area contributed by atoms with Gasteiger partial charge < -0.3 is 19.9 Å². The monoisotopic (exact) mass is 280 g/mol. The lowest BCUT2D eigenvalue weighted by atomic mass is 10.1. The molecule has 112 valence electrons. The lowest BCUT2D eigenvalue weighted by Crippen LogP contribution is -2.34. The number of carbonyl (C=O) groups excluding carboxylic acids is 1. The van der Waals surface area contributed by atoms with E-state index < -0.39 is 5.97 Å². The molecule has 0 radical (unpaired) electrons.